The van der Waals surface area contributed by atoms with Gasteiger partial charge in [-0.1, -0.05) is 12.1 Å². The topological polar surface area (TPSA) is 29.1 Å². The quantitative estimate of drug-likeness (QED) is 0.830. The molecule has 0 radical (unpaired) electrons. The van der Waals surface area contributed by atoms with Gasteiger partial charge in [0.25, 0.3) is 5.91 Å². The minimum absolute atomic E-state index is 0.183. The molecular weight excluding hydrogens is 303 g/mol. The molecule has 1 aromatic rings. The van der Waals surface area contributed by atoms with Gasteiger partial charge in [0.05, 0.1) is 11.1 Å². The molecule has 0 spiro atoms. The fourth-order valence-electron chi connectivity index (χ4n) is 2.59. The smallest absolute Gasteiger partial charge is 0.352 e. The summed E-state index contributed by atoms with van der Waals surface area (Å²) in [6.45, 7) is 0.397. The maximum atomic E-state index is 12.9. The zero-order chi connectivity index (χ0) is 15.5. The lowest BCUT2D eigenvalue weighted by atomic mass is 9.89. The highest BCUT2D eigenvalue weighted by Crippen LogP contribution is 2.32. The average Bonchev–Trinajstić information content (AvgIpc) is 2.45. The Balaban J connectivity index is 1.98. The molecule has 1 fully saturated rings. The Morgan fingerprint density at radius 2 is 1.81 bits per heavy atom. The molecule has 6 heteroatoms. The predicted octanol–water partition coefficient (Wildman–Crippen LogP) is 4.23. The average molecular weight is 320 g/mol. The third-order valence-electron chi connectivity index (χ3n) is 3.80. The van der Waals surface area contributed by atoms with Gasteiger partial charge >= 0.3 is 6.18 Å². The minimum Gasteiger partial charge on any atom is -0.352 e. The van der Waals surface area contributed by atoms with Crippen molar-refractivity contribution in [3.8, 4) is 0 Å². The van der Waals surface area contributed by atoms with Crippen LogP contribution in [-0.4, -0.2) is 17.8 Å². The van der Waals surface area contributed by atoms with Crippen molar-refractivity contribution in [1.82, 2.24) is 5.32 Å². The number of amides is 1. The van der Waals surface area contributed by atoms with Gasteiger partial charge in [-0.05, 0) is 43.7 Å². The highest BCUT2D eigenvalue weighted by atomic mass is 35.5. The van der Waals surface area contributed by atoms with Gasteiger partial charge in [-0.15, -0.1) is 11.6 Å². The number of alkyl halides is 4. The Labute approximate surface area is 126 Å². The molecule has 21 heavy (non-hydrogen) atoms. The molecule has 1 N–H and O–H groups in total. The zero-order valence-electron chi connectivity index (χ0n) is 11.4. The molecule has 1 aliphatic carbocycles. The summed E-state index contributed by atoms with van der Waals surface area (Å²) in [6, 6.07) is 4.84. The van der Waals surface area contributed by atoms with Crippen LogP contribution in [0.25, 0.3) is 0 Å². The first kappa shape index (κ1) is 16.1. The molecule has 0 aromatic heterocycles. The Morgan fingerprint density at radius 3 is 2.43 bits per heavy atom. The van der Waals surface area contributed by atoms with Crippen LogP contribution in [0.3, 0.4) is 0 Å². The number of carbonyl (C=O) groups excluding carboxylic acids is 1. The van der Waals surface area contributed by atoms with E-state index in [4.69, 9.17) is 11.6 Å². The molecule has 1 amide bonds. The summed E-state index contributed by atoms with van der Waals surface area (Å²) in [4.78, 5) is 12.0. The molecule has 1 saturated carbocycles. The van der Waals surface area contributed by atoms with Crippen molar-refractivity contribution < 1.29 is 18.0 Å². The Kier molecular flexibility index (Phi) is 5.14. The second-order valence-electron chi connectivity index (χ2n) is 5.37. The standard InChI is InChI=1S/C15H17ClF3NO/c16-11-7-5-10(6-8-11)9-20-14(21)12-3-1-2-4-13(12)15(17,18)19/h1-4,10-11H,5-9H2,(H,20,21). The molecule has 2 nitrogen and oxygen atoms in total. The van der Waals surface area contributed by atoms with E-state index in [0.29, 0.717) is 12.5 Å². The molecule has 1 aliphatic rings. The highest BCUT2D eigenvalue weighted by molar-refractivity contribution is 6.20. The van der Waals surface area contributed by atoms with Gasteiger partial charge in [0.2, 0.25) is 0 Å². The van der Waals surface area contributed by atoms with Crippen molar-refractivity contribution in [2.75, 3.05) is 6.54 Å². The van der Waals surface area contributed by atoms with Crippen molar-refractivity contribution in [3.05, 3.63) is 35.4 Å². The maximum absolute atomic E-state index is 12.9. The van der Waals surface area contributed by atoms with E-state index in [9.17, 15) is 18.0 Å². The number of rotatable bonds is 3. The first-order valence-corrected chi connectivity index (χ1v) is 7.40. The monoisotopic (exact) mass is 319 g/mol. The van der Waals surface area contributed by atoms with Crippen LogP contribution in [0.4, 0.5) is 13.2 Å². The lowest BCUT2D eigenvalue weighted by molar-refractivity contribution is -0.137. The molecule has 0 bridgehead atoms. The summed E-state index contributed by atoms with van der Waals surface area (Å²) < 4.78 is 38.6. The summed E-state index contributed by atoms with van der Waals surface area (Å²) >= 11 is 6.00. The van der Waals surface area contributed by atoms with Gasteiger partial charge in [0.1, 0.15) is 0 Å². The van der Waals surface area contributed by atoms with Crippen LogP contribution in [0.1, 0.15) is 41.6 Å². The van der Waals surface area contributed by atoms with Gasteiger partial charge in [-0.25, -0.2) is 0 Å². The molecule has 1 aromatic carbocycles. The van der Waals surface area contributed by atoms with E-state index in [1.807, 2.05) is 0 Å². The third-order valence-corrected chi connectivity index (χ3v) is 4.24. The molecule has 0 unspecified atom stereocenters. The van der Waals surface area contributed by atoms with Crippen LogP contribution in [0.5, 0.6) is 0 Å². The van der Waals surface area contributed by atoms with Crippen molar-refractivity contribution in [2.24, 2.45) is 5.92 Å². The van der Waals surface area contributed by atoms with Crippen molar-refractivity contribution in [1.29, 1.82) is 0 Å². The number of nitrogens with one attached hydrogen (secondary N) is 1. The van der Waals surface area contributed by atoms with E-state index < -0.39 is 17.6 Å². The minimum atomic E-state index is -4.52. The largest absolute Gasteiger partial charge is 0.417 e. The van der Waals surface area contributed by atoms with Gasteiger partial charge in [0.15, 0.2) is 0 Å². The van der Waals surface area contributed by atoms with E-state index in [1.54, 1.807) is 0 Å². The van der Waals surface area contributed by atoms with Crippen LogP contribution in [-0.2, 0) is 6.18 Å². The first-order chi connectivity index (χ1) is 9.88. The number of halogens is 4. The van der Waals surface area contributed by atoms with Crippen molar-refractivity contribution >= 4 is 17.5 Å². The fourth-order valence-corrected chi connectivity index (χ4v) is 2.84. The van der Waals surface area contributed by atoms with E-state index in [-0.39, 0.29) is 10.9 Å². The van der Waals surface area contributed by atoms with Gasteiger partial charge in [-0.3, -0.25) is 4.79 Å². The Bertz CT molecular complexity index is 496. The van der Waals surface area contributed by atoms with E-state index >= 15 is 0 Å². The van der Waals surface area contributed by atoms with Crippen LogP contribution in [0.2, 0.25) is 0 Å². The summed E-state index contributed by atoms with van der Waals surface area (Å²) in [5, 5.41) is 2.80. The predicted molar refractivity (Wildman–Crippen MR) is 75.4 cm³/mol. The van der Waals surface area contributed by atoms with Crippen LogP contribution in [0, 0.1) is 5.92 Å². The van der Waals surface area contributed by atoms with Gasteiger partial charge < -0.3 is 5.32 Å². The number of hydrogen-bond donors (Lipinski definition) is 1. The first-order valence-electron chi connectivity index (χ1n) is 6.96. The molecule has 0 atom stereocenters. The molecule has 0 aliphatic heterocycles. The Hall–Kier alpha value is -1.23. The molecular formula is C15H17ClF3NO. The summed E-state index contributed by atoms with van der Waals surface area (Å²) in [5.74, 6) is -0.377. The van der Waals surface area contributed by atoms with Gasteiger partial charge in [-0.2, -0.15) is 13.2 Å². The highest BCUT2D eigenvalue weighted by Gasteiger charge is 2.34. The lowest BCUT2D eigenvalue weighted by Crippen LogP contribution is -2.32. The van der Waals surface area contributed by atoms with E-state index in [0.717, 1.165) is 31.7 Å². The number of carbonyl (C=O) groups is 1. The number of hydrogen-bond acceptors (Lipinski definition) is 1. The van der Waals surface area contributed by atoms with Crippen LogP contribution in [0.15, 0.2) is 24.3 Å². The SMILES string of the molecule is O=C(NCC1CCC(Cl)CC1)c1ccccc1C(F)(F)F. The number of benzene rings is 1. The van der Waals surface area contributed by atoms with Crippen molar-refractivity contribution in [3.63, 3.8) is 0 Å². The lowest BCUT2D eigenvalue weighted by Gasteiger charge is -2.25. The summed E-state index contributed by atoms with van der Waals surface area (Å²) in [5.41, 5.74) is -1.22. The fraction of sp³-hybridized carbons (Fsp3) is 0.533. The second kappa shape index (κ2) is 6.69. The van der Waals surface area contributed by atoms with E-state index in [1.165, 1.54) is 18.2 Å². The maximum Gasteiger partial charge on any atom is 0.417 e. The molecule has 0 saturated heterocycles. The second-order valence-corrected chi connectivity index (χ2v) is 5.99. The summed E-state index contributed by atoms with van der Waals surface area (Å²) in [7, 11) is 0. The van der Waals surface area contributed by atoms with Gasteiger partial charge in [0, 0.05) is 11.9 Å². The Morgan fingerprint density at radius 1 is 1.19 bits per heavy atom. The van der Waals surface area contributed by atoms with Crippen LogP contribution >= 0.6 is 11.6 Å². The summed E-state index contributed by atoms with van der Waals surface area (Å²) in [6.07, 6.45) is -0.947. The van der Waals surface area contributed by atoms with Crippen LogP contribution < -0.4 is 5.32 Å². The third kappa shape index (κ3) is 4.37. The molecule has 0 heterocycles. The normalized spacial score (nSPS) is 22.9. The molecule has 2 rings (SSSR count). The van der Waals surface area contributed by atoms with E-state index in [2.05, 4.69) is 5.32 Å². The zero-order valence-corrected chi connectivity index (χ0v) is 12.2. The van der Waals surface area contributed by atoms with Crippen molar-refractivity contribution in [2.45, 2.75) is 37.2 Å². The molecule has 116 valence electrons.